The summed E-state index contributed by atoms with van der Waals surface area (Å²) >= 11 is 0. The minimum atomic E-state index is -0.543. The van der Waals surface area contributed by atoms with E-state index >= 15 is 0 Å². The molecule has 0 saturated heterocycles. The van der Waals surface area contributed by atoms with Crippen molar-refractivity contribution in [3.63, 3.8) is 0 Å². The fourth-order valence-corrected chi connectivity index (χ4v) is 2.28. The molecule has 0 saturated carbocycles. The van der Waals surface area contributed by atoms with Crippen molar-refractivity contribution in [1.29, 1.82) is 0 Å². The second-order valence-corrected chi connectivity index (χ2v) is 4.99. The number of carbonyl (C=O) groups is 2. The molecule has 0 fully saturated rings. The number of nitro groups is 1. The highest BCUT2D eigenvalue weighted by atomic mass is 16.6. The number of allylic oxidation sites excluding steroid dienone is 1. The first kappa shape index (κ1) is 15.4. The molecule has 0 atom stereocenters. The van der Waals surface area contributed by atoms with Crippen LogP contribution in [0.2, 0.25) is 0 Å². The number of fused-ring (bicyclic) bond motifs is 1. The van der Waals surface area contributed by atoms with Crippen molar-refractivity contribution in [1.82, 2.24) is 0 Å². The average Bonchev–Trinajstić information content (AvgIpc) is 2.90. The number of non-ortho nitro benzene ring substituents is 1. The molecule has 2 aromatic carbocycles. The summed E-state index contributed by atoms with van der Waals surface area (Å²) < 4.78 is 10.1. The lowest BCUT2D eigenvalue weighted by Crippen LogP contribution is -2.02. The molecule has 0 radical (unpaired) electrons. The molecule has 1 aliphatic rings. The largest absolute Gasteiger partial charge is 0.465 e. The van der Waals surface area contributed by atoms with Crippen molar-refractivity contribution in [2.45, 2.75) is 0 Å². The van der Waals surface area contributed by atoms with Gasteiger partial charge in [-0.3, -0.25) is 14.9 Å². The standard InChI is InChI=1S/C17H11NO6/c1-23-17(20)11-4-7-14-13(9-11)16(19)15(24-14)8-10-2-5-12(6-3-10)18(21)22/h2-9H,1H3/b15-8-. The predicted octanol–water partition coefficient (Wildman–Crippen LogP) is 3.00. The Morgan fingerprint density at radius 1 is 1.21 bits per heavy atom. The Labute approximate surface area is 136 Å². The summed E-state index contributed by atoms with van der Waals surface area (Å²) in [5.41, 5.74) is 1.07. The van der Waals surface area contributed by atoms with Gasteiger partial charge in [0, 0.05) is 12.1 Å². The van der Waals surface area contributed by atoms with Gasteiger partial charge in [0.15, 0.2) is 5.76 Å². The van der Waals surface area contributed by atoms with E-state index in [-0.39, 0.29) is 28.4 Å². The lowest BCUT2D eigenvalue weighted by Gasteiger charge is -2.00. The monoisotopic (exact) mass is 325 g/mol. The normalized spacial score (nSPS) is 14.2. The van der Waals surface area contributed by atoms with Gasteiger partial charge in [-0.2, -0.15) is 0 Å². The van der Waals surface area contributed by atoms with Crippen LogP contribution in [0.4, 0.5) is 5.69 Å². The molecule has 7 heteroatoms. The van der Waals surface area contributed by atoms with E-state index in [1.54, 1.807) is 0 Å². The number of hydrogen-bond donors (Lipinski definition) is 0. The molecule has 24 heavy (non-hydrogen) atoms. The fraction of sp³-hybridized carbons (Fsp3) is 0.0588. The van der Waals surface area contributed by atoms with Crippen LogP contribution < -0.4 is 4.74 Å². The van der Waals surface area contributed by atoms with E-state index in [0.717, 1.165) is 0 Å². The van der Waals surface area contributed by atoms with E-state index < -0.39 is 10.9 Å². The lowest BCUT2D eigenvalue weighted by atomic mass is 10.1. The summed E-state index contributed by atoms with van der Waals surface area (Å²) in [4.78, 5) is 34.1. The third-order valence-corrected chi connectivity index (χ3v) is 3.49. The summed E-state index contributed by atoms with van der Waals surface area (Å²) in [6, 6.07) is 10.2. The molecule has 0 aromatic heterocycles. The van der Waals surface area contributed by atoms with Gasteiger partial charge in [0.2, 0.25) is 5.78 Å². The second kappa shape index (κ2) is 5.96. The number of nitrogens with zero attached hydrogens (tertiary/aromatic N) is 1. The maximum absolute atomic E-state index is 12.4. The van der Waals surface area contributed by atoms with Gasteiger partial charge in [-0.05, 0) is 42.0 Å². The predicted molar refractivity (Wildman–Crippen MR) is 83.8 cm³/mol. The van der Waals surface area contributed by atoms with Crippen LogP contribution in [0, 0.1) is 10.1 Å². The van der Waals surface area contributed by atoms with Crippen molar-refractivity contribution in [2.75, 3.05) is 7.11 Å². The molecule has 2 aromatic rings. The van der Waals surface area contributed by atoms with Gasteiger partial charge in [-0.25, -0.2) is 4.79 Å². The summed E-state index contributed by atoms with van der Waals surface area (Å²) in [5.74, 6) is -0.478. The molecule has 3 rings (SSSR count). The zero-order valence-corrected chi connectivity index (χ0v) is 12.5. The number of carbonyl (C=O) groups excluding carboxylic acids is 2. The minimum Gasteiger partial charge on any atom is -0.465 e. The number of rotatable bonds is 3. The van der Waals surface area contributed by atoms with Gasteiger partial charge < -0.3 is 9.47 Å². The molecule has 0 unspecified atom stereocenters. The number of ketones is 1. The Morgan fingerprint density at radius 2 is 1.92 bits per heavy atom. The highest BCUT2D eigenvalue weighted by Gasteiger charge is 2.28. The maximum Gasteiger partial charge on any atom is 0.337 e. The molecule has 0 spiro atoms. The van der Waals surface area contributed by atoms with Crippen LogP contribution in [0.15, 0.2) is 48.2 Å². The Kier molecular flexibility index (Phi) is 3.83. The van der Waals surface area contributed by atoms with E-state index in [1.807, 2.05) is 0 Å². The van der Waals surface area contributed by atoms with Crippen LogP contribution in [0.3, 0.4) is 0 Å². The molecule has 0 aliphatic carbocycles. The van der Waals surface area contributed by atoms with E-state index in [4.69, 9.17) is 4.74 Å². The van der Waals surface area contributed by atoms with Crippen LogP contribution in [0.5, 0.6) is 5.75 Å². The molecule has 0 bridgehead atoms. The van der Waals surface area contributed by atoms with Crippen molar-refractivity contribution in [3.05, 3.63) is 75.0 Å². The zero-order valence-electron chi connectivity index (χ0n) is 12.5. The number of Topliss-reactive ketones (excluding diaryl/α,β-unsaturated/α-hetero) is 1. The highest BCUT2D eigenvalue weighted by Crippen LogP contribution is 2.32. The van der Waals surface area contributed by atoms with Crippen LogP contribution in [-0.4, -0.2) is 23.8 Å². The number of methoxy groups -OCH3 is 1. The van der Waals surface area contributed by atoms with Gasteiger partial charge in [0.05, 0.1) is 23.2 Å². The molecule has 7 nitrogen and oxygen atoms in total. The van der Waals surface area contributed by atoms with Crippen LogP contribution in [0.25, 0.3) is 6.08 Å². The molecule has 0 N–H and O–H groups in total. The fourth-order valence-electron chi connectivity index (χ4n) is 2.28. The quantitative estimate of drug-likeness (QED) is 0.372. The number of nitro benzene ring substituents is 1. The first-order chi connectivity index (χ1) is 11.5. The number of ether oxygens (including phenoxy) is 2. The van der Waals surface area contributed by atoms with Crippen molar-refractivity contribution < 1.29 is 24.0 Å². The van der Waals surface area contributed by atoms with Gasteiger partial charge in [0.25, 0.3) is 5.69 Å². The van der Waals surface area contributed by atoms with E-state index in [1.165, 1.54) is 55.7 Å². The van der Waals surface area contributed by atoms with Crippen molar-refractivity contribution in [3.8, 4) is 5.75 Å². The second-order valence-electron chi connectivity index (χ2n) is 4.99. The van der Waals surface area contributed by atoms with Crippen molar-refractivity contribution in [2.24, 2.45) is 0 Å². The minimum absolute atomic E-state index is 0.0400. The summed E-state index contributed by atoms with van der Waals surface area (Å²) in [7, 11) is 1.26. The Hall–Kier alpha value is -3.48. The van der Waals surface area contributed by atoms with E-state index in [0.29, 0.717) is 11.3 Å². The first-order valence-electron chi connectivity index (χ1n) is 6.90. The topological polar surface area (TPSA) is 95.7 Å². The SMILES string of the molecule is COC(=O)c1ccc2c(c1)C(=O)/C(=C/c1ccc([N+](=O)[O-])cc1)O2. The van der Waals surface area contributed by atoms with Crippen molar-refractivity contribution >= 4 is 23.5 Å². The Bertz CT molecular complexity index is 882. The summed E-state index contributed by atoms with van der Waals surface area (Å²) in [6.07, 6.45) is 1.49. The van der Waals surface area contributed by atoms with Crippen LogP contribution in [0.1, 0.15) is 26.3 Å². The maximum atomic E-state index is 12.4. The average molecular weight is 325 g/mol. The van der Waals surface area contributed by atoms with Gasteiger partial charge in [0.1, 0.15) is 5.75 Å². The molecular formula is C17H11NO6. The third kappa shape index (κ3) is 2.74. The summed E-state index contributed by atoms with van der Waals surface area (Å²) in [5, 5.41) is 10.6. The molecule has 0 amide bonds. The van der Waals surface area contributed by atoms with E-state index in [2.05, 4.69) is 4.74 Å². The van der Waals surface area contributed by atoms with Gasteiger partial charge in [-0.1, -0.05) is 0 Å². The van der Waals surface area contributed by atoms with Crippen LogP contribution in [-0.2, 0) is 4.74 Å². The van der Waals surface area contributed by atoms with Gasteiger partial charge >= 0.3 is 5.97 Å². The summed E-state index contributed by atoms with van der Waals surface area (Å²) in [6.45, 7) is 0. The molecule has 120 valence electrons. The highest BCUT2D eigenvalue weighted by molar-refractivity contribution is 6.15. The first-order valence-corrected chi connectivity index (χ1v) is 6.90. The van der Waals surface area contributed by atoms with E-state index in [9.17, 15) is 19.7 Å². The third-order valence-electron chi connectivity index (χ3n) is 3.49. The molecule has 1 heterocycles. The molecular weight excluding hydrogens is 314 g/mol. The Morgan fingerprint density at radius 3 is 2.54 bits per heavy atom. The number of esters is 1. The number of hydrogen-bond acceptors (Lipinski definition) is 6. The smallest absolute Gasteiger partial charge is 0.337 e. The molecule has 1 aliphatic heterocycles. The van der Waals surface area contributed by atoms with Gasteiger partial charge in [-0.15, -0.1) is 0 Å². The zero-order chi connectivity index (χ0) is 17.3. The lowest BCUT2D eigenvalue weighted by molar-refractivity contribution is -0.384. The number of benzene rings is 2. The van der Waals surface area contributed by atoms with Crippen LogP contribution >= 0.6 is 0 Å². The Balaban J connectivity index is 1.90.